The van der Waals surface area contributed by atoms with Crippen LogP contribution in [0.25, 0.3) is 10.9 Å². The molecule has 0 unspecified atom stereocenters. The van der Waals surface area contributed by atoms with Gasteiger partial charge in [-0.2, -0.15) is 0 Å². The van der Waals surface area contributed by atoms with E-state index >= 15 is 0 Å². The summed E-state index contributed by atoms with van der Waals surface area (Å²) < 4.78 is 5.32. The largest absolute Gasteiger partial charge is 0.443 e. The molecule has 0 spiro atoms. The molecule has 1 aliphatic heterocycles. The monoisotopic (exact) mass is 549 g/mol. The normalized spacial score (nSPS) is 13.0. The zero-order valence-corrected chi connectivity index (χ0v) is 22.6. The number of amides is 3. The van der Waals surface area contributed by atoms with Gasteiger partial charge in [-0.15, -0.1) is 0 Å². The van der Waals surface area contributed by atoms with Crippen molar-refractivity contribution in [3.05, 3.63) is 74.8 Å². The lowest BCUT2D eigenvalue weighted by Gasteiger charge is -2.26. The fourth-order valence-corrected chi connectivity index (χ4v) is 4.24. The number of hydrogen-bond donors (Lipinski definition) is 2. The van der Waals surface area contributed by atoms with E-state index in [1.807, 2.05) is 0 Å². The van der Waals surface area contributed by atoms with E-state index in [1.54, 1.807) is 50.2 Å². The molecule has 1 fully saturated rings. The highest BCUT2D eigenvalue weighted by Gasteiger charge is 2.32. The number of hydrogen-bond acceptors (Lipinski definition) is 6. The van der Waals surface area contributed by atoms with Crippen molar-refractivity contribution < 1.29 is 19.1 Å². The average molecular weight is 550 g/mol. The number of carbonyl (C=O) groups is 3. The third kappa shape index (κ3) is 6.75. The maximum Gasteiger partial charge on any atom is 0.426 e. The molecule has 1 aliphatic rings. The van der Waals surface area contributed by atoms with Gasteiger partial charge in [-0.1, -0.05) is 23.4 Å². The summed E-state index contributed by atoms with van der Waals surface area (Å²) in [6, 6.07) is 7.89. The molecule has 39 heavy (non-hydrogen) atoms. The van der Waals surface area contributed by atoms with Crippen molar-refractivity contribution in [2.24, 2.45) is 0 Å². The maximum atomic E-state index is 13.9. The molecule has 0 radical (unpaired) electrons. The summed E-state index contributed by atoms with van der Waals surface area (Å²) >= 11 is 6.13. The minimum Gasteiger partial charge on any atom is -0.443 e. The second-order valence-corrected chi connectivity index (χ2v) is 10.4. The second kappa shape index (κ2) is 11.6. The van der Waals surface area contributed by atoms with E-state index < -0.39 is 34.5 Å². The number of nitrogens with one attached hydrogen (secondary N) is 2. The van der Waals surface area contributed by atoms with E-state index in [9.17, 15) is 19.2 Å². The van der Waals surface area contributed by atoms with E-state index in [-0.39, 0.29) is 17.6 Å². The molecular formula is C28H28ClN5O5. The number of aromatic amines is 1. The molecule has 0 bridgehead atoms. The summed E-state index contributed by atoms with van der Waals surface area (Å²) in [5.41, 5.74) is 1.22. The smallest absolute Gasteiger partial charge is 0.426 e. The van der Waals surface area contributed by atoms with E-state index in [2.05, 4.69) is 27.2 Å². The van der Waals surface area contributed by atoms with Gasteiger partial charge >= 0.3 is 6.09 Å². The van der Waals surface area contributed by atoms with Crippen molar-refractivity contribution in [3.8, 4) is 11.8 Å². The summed E-state index contributed by atoms with van der Waals surface area (Å²) in [5.74, 6) is 4.30. The third-order valence-electron chi connectivity index (χ3n) is 5.80. The molecule has 10 nitrogen and oxygen atoms in total. The highest BCUT2D eigenvalue weighted by Crippen LogP contribution is 2.20. The first kappa shape index (κ1) is 27.7. The van der Waals surface area contributed by atoms with Crippen molar-refractivity contribution in [1.29, 1.82) is 0 Å². The van der Waals surface area contributed by atoms with Crippen LogP contribution < -0.4 is 10.9 Å². The number of aromatic nitrogens is 2. The van der Waals surface area contributed by atoms with Crippen molar-refractivity contribution in [2.45, 2.75) is 39.2 Å². The molecule has 1 aromatic carbocycles. The van der Waals surface area contributed by atoms with Crippen LogP contribution in [-0.4, -0.2) is 63.0 Å². The van der Waals surface area contributed by atoms with Gasteiger partial charge < -0.3 is 14.6 Å². The number of H-pyrrole nitrogens is 1. The number of halogens is 1. The van der Waals surface area contributed by atoms with E-state index in [0.717, 1.165) is 17.9 Å². The molecular weight excluding hydrogens is 522 g/mol. The topological polar surface area (TPSA) is 125 Å². The van der Waals surface area contributed by atoms with Gasteiger partial charge in [-0.05, 0) is 63.9 Å². The molecule has 202 valence electrons. The summed E-state index contributed by atoms with van der Waals surface area (Å²) in [7, 11) is 0. The zero-order valence-electron chi connectivity index (χ0n) is 21.8. The first-order valence-corrected chi connectivity index (χ1v) is 12.8. The highest BCUT2D eigenvalue weighted by atomic mass is 35.5. The second-order valence-electron chi connectivity index (χ2n) is 9.94. The van der Waals surface area contributed by atoms with Crippen molar-refractivity contribution >= 4 is 40.4 Å². The Morgan fingerprint density at radius 1 is 1.15 bits per heavy atom. The maximum absolute atomic E-state index is 13.9. The van der Waals surface area contributed by atoms with Crippen LogP contribution >= 0.6 is 11.6 Å². The number of nitrogens with zero attached hydrogens (tertiary/aromatic N) is 3. The predicted octanol–water partition coefficient (Wildman–Crippen LogP) is 3.75. The van der Waals surface area contributed by atoms with Gasteiger partial charge in [0.25, 0.3) is 11.8 Å². The van der Waals surface area contributed by atoms with Crippen LogP contribution in [0.2, 0.25) is 5.02 Å². The molecule has 11 heteroatoms. The first-order valence-electron chi connectivity index (χ1n) is 12.4. The van der Waals surface area contributed by atoms with Crippen LogP contribution in [0.15, 0.2) is 47.5 Å². The molecule has 0 atom stereocenters. The van der Waals surface area contributed by atoms with Crippen molar-refractivity contribution in [2.75, 3.05) is 19.6 Å². The van der Waals surface area contributed by atoms with Gasteiger partial charge in [0.05, 0.1) is 5.52 Å². The minimum atomic E-state index is -0.919. The Hall–Kier alpha value is -4.36. The Labute approximate surface area is 230 Å². The van der Waals surface area contributed by atoms with Crippen LogP contribution in [0.4, 0.5) is 4.79 Å². The number of carbonyl (C=O) groups excluding carboxylic acids is 3. The molecule has 4 rings (SSSR count). The van der Waals surface area contributed by atoms with Gasteiger partial charge in [0.15, 0.2) is 0 Å². The SMILES string of the molecule is CC(C)(C)OC(=O)NN(CC#Cc1ccncc1)C(=O)c1c(C(=O)N2CCCC2)[nH]c2cc(Cl)ccc2c1=O. The number of fused-ring (bicyclic) bond motifs is 1. The number of hydrazine groups is 1. The van der Waals surface area contributed by atoms with Gasteiger partial charge in [-0.3, -0.25) is 19.4 Å². The van der Waals surface area contributed by atoms with Crippen LogP contribution in [-0.2, 0) is 4.74 Å². The molecule has 2 N–H and O–H groups in total. The Morgan fingerprint density at radius 3 is 2.51 bits per heavy atom. The lowest BCUT2D eigenvalue weighted by atomic mass is 10.1. The number of pyridine rings is 2. The fraction of sp³-hybridized carbons (Fsp3) is 0.321. The van der Waals surface area contributed by atoms with E-state index in [0.29, 0.717) is 29.2 Å². The number of ether oxygens (including phenoxy) is 1. The van der Waals surface area contributed by atoms with Gasteiger partial charge in [0.1, 0.15) is 23.4 Å². The predicted molar refractivity (Wildman–Crippen MR) is 146 cm³/mol. The Bertz CT molecular complexity index is 1530. The first-order chi connectivity index (χ1) is 18.5. The summed E-state index contributed by atoms with van der Waals surface area (Å²) in [5, 5.41) is 1.40. The lowest BCUT2D eigenvalue weighted by Crippen LogP contribution is -2.50. The van der Waals surface area contributed by atoms with Gasteiger partial charge in [0, 0.05) is 41.5 Å². The van der Waals surface area contributed by atoms with Crippen LogP contribution in [0, 0.1) is 11.8 Å². The zero-order chi connectivity index (χ0) is 28.2. The third-order valence-corrected chi connectivity index (χ3v) is 6.04. The Kier molecular flexibility index (Phi) is 8.21. The molecule has 3 amide bonds. The number of benzene rings is 1. The molecule has 3 aromatic rings. The number of rotatable bonds is 3. The molecule has 0 saturated carbocycles. The molecule has 1 saturated heterocycles. The van der Waals surface area contributed by atoms with Crippen LogP contribution in [0.5, 0.6) is 0 Å². The fourth-order valence-electron chi connectivity index (χ4n) is 4.07. The van der Waals surface area contributed by atoms with Gasteiger partial charge in [0.2, 0.25) is 5.43 Å². The lowest BCUT2D eigenvalue weighted by molar-refractivity contribution is 0.0314. The van der Waals surface area contributed by atoms with Gasteiger partial charge in [-0.25, -0.2) is 15.2 Å². The minimum absolute atomic E-state index is 0.167. The molecule has 3 heterocycles. The number of likely N-dealkylation sites (tertiary alicyclic amines) is 1. The summed E-state index contributed by atoms with van der Waals surface area (Å²) in [4.78, 5) is 62.2. The Balaban J connectivity index is 1.79. The molecule has 2 aromatic heterocycles. The quantitative estimate of drug-likeness (QED) is 0.379. The van der Waals surface area contributed by atoms with Crippen molar-refractivity contribution in [3.63, 3.8) is 0 Å². The van der Waals surface area contributed by atoms with Crippen molar-refractivity contribution in [1.82, 2.24) is 25.3 Å². The average Bonchev–Trinajstić information content (AvgIpc) is 3.42. The van der Waals surface area contributed by atoms with Crippen LogP contribution in [0.3, 0.4) is 0 Å². The standard InChI is InChI=1S/C28H28ClN5O5/c1-28(2,3)39-27(38)32-34(16-6-7-18-10-12-30-13-11-18)25(36)22-23(26(37)33-14-4-5-15-33)31-21-17-19(29)8-9-20(21)24(22)35/h8-13,17H,4-5,14-16H2,1-3H3,(H,31,35)(H,32,38). The Morgan fingerprint density at radius 2 is 1.85 bits per heavy atom. The van der Waals surface area contributed by atoms with E-state index in [1.165, 1.54) is 18.2 Å². The van der Waals surface area contributed by atoms with E-state index in [4.69, 9.17) is 16.3 Å². The molecule has 0 aliphatic carbocycles. The summed E-state index contributed by atoms with van der Waals surface area (Å²) in [6.45, 7) is 5.73. The highest BCUT2D eigenvalue weighted by molar-refractivity contribution is 6.31. The summed E-state index contributed by atoms with van der Waals surface area (Å²) in [6.07, 6.45) is 3.86. The van der Waals surface area contributed by atoms with Crippen LogP contribution in [0.1, 0.15) is 60.0 Å².